The molecule has 1 aliphatic rings. The van der Waals surface area contributed by atoms with E-state index in [4.69, 9.17) is 5.73 Å². The summed E-state index contributed by atoms with van der Waals surface area (Å²) in [7, 11) is 0. The molecule has 1 rings (SSSR count). The van der Waals surface area contributed by atoms with Crippen molar-refractivity contribution >= 4 is 5.91 Å². The number of alkyl halides is 3. The molecule has 0 bridgehead atoms. The van der Waals surface area contributed by atoms with E-state index in [0.717, 1.165) is 32.1 Å². The second-order valence-electron chi connectivity index (χ2n) is 5.27. The van der Waals surface area contributed by atoms with Crippen molar-refractivity contribution in [1.29, 1.82) is 0 Å². The predicted molar refractivity (Wildman–Crippen MR) is 67.5 cm³/mol. The molecular weight excluding hydrogens is 257 g/mol. The fourth-order valence-electron chi connectivity index (χ4n) is 2.45. The number of carbonyl (C=O) groups is 1. The van der Waals surface area contributed by atoms with Crippen molar-refractivity contribution in [3.63, 3.8) is 0 Å². The van der Waals surface area contributed by atoms with Crippen LogP contribution in [0, 0.1) is 5.92 Å². The number of nitrogens with one attached hydrogen (secondary N) is 1. The van der Waals surface area contributed by atoms with E-state index in [0.29, 0.717) is 13.0 Å². The van der Waals surface area contributed by atoms with E-state index < -0.39 is 12.6 Å². The van der Waals surface area contributed by atoms with Gasteiger partial charge in [0.15, 0.2) is 0 Å². The van der Waals surface area contributed by atoms with Crippen LogP contribution in [0.4, 0.5) is 13.2 Å². The maximum absolute atomic E-state index is 11.9. The number of hydrogen-bond donors (Lipinski definition) is 2. The molecule has 0 saturated heterocycles. The van der Waals surface area contributed by atoms with E-state index in [1.54, 1.807) is 0 Å². The Balaban J connectivity index is 2.19. The Morgan fingerprint density at radius 3 is 2.53 bits per heavy atom. The Bertz CT molecular complexity index is 282. The SMILES string of the molecule is NC1CCCCCC1C(=O)NCCCCC(F)(F)F. The quantitative estimate of drug-likeness (QED) is 0.601. The molecule has 3 N–H and O–H groups in total. The van der Waals surface area contributed by atoms with Crippen molar-refractivity contribution in [1.82, 2.24) is 5.32 Å². The molecule has 6 heteroatoms. The predicted octanol–water partition coefficient (Wildman–Crippen LogP) is 2.74. The van der Waals surface area contributed by atoms with Gasteiger partial charge in [0, 0.05) is 19.0 Å². The zero-order valence-corrected chi connectivity index (χ0v) is 11.1. The van der Waals surface area contributed by atoms with Crippen molar-refractivity contribution in [2.24, 2.45) is 11.7 Å². The van der Waals surface area contributed by atoms with Crippen LogP contribution >= 0.6 is 0 Å². The average Bonchev–Trinajstić information content (AvgIpc) is 2.51. The van der Waals surface area contributed by atoms with Crippen LogP contribution in [-0.4, -0.2) is 24.7 Å². The molecule has 2 atom stereocenters. The highest BCUT2D eigenvalue weighted by atomic mass is 19.4. The molecule has 112 valence electrons. The molecule has 2 unspecified atom stereocenters. The number of nitrogens with two attached hydrogens (primary N) is 1. The first-order valence-corrected chi connectivity index (χ1v) is 7.00. The van der Waals surface area contributed by atoms with Gasteiger partial charge in [-0.3, -0.25) is 4.79 Å². The second kappa shape index (κ2) is 7.72. The summed E-state index contributed by atoms with van der Waals surface area (Å²) in [5.74, 6) is -0.272. The van der Waals surface area contributed by atoms with Crippen LogP contribution in [0.1, 0.15) is 51.4 Å². The third kappa shape index (κ3) is 6.80. The Kier molecular flexibility index (Phi) is 6.62. The van der Waals surface area contributed by atoms with Crippen LogP contribution in [0.25, 0.3) is 0 Å². The van der Waals surface area contributed by atoms with Gasteiger partial charge in [-0.1, -0.05) is 19.3 Å². The minimum atomic E-state index is -4.10. The lowest BCUT2D eigenvalue weighted by atomic mass is 9.94. The van der Waals surface area contributed by atoms with Gasteiger partial charge in [0.05, 0.1) is 5.92 Å². The average molecular weight is 280 g/mol. The summed E-state index contributed by atoms with van der Waals surface area (Å²) in [4.78, 5) is 11.9. The standard InChI is InChI=1S/C13H23F3N2O/c14-13(15,16)8-4-5-9-18-12(19)10-6-2-1-3-7-11(10)17/h10-11H,1-9,17H2,(H,18,19). The first kappa shape index (κ1) is 16.3. The topological polar surface area (TPSA) is 55.1 Å². The third-order valence-electron chi connectivity index (χ3n) is 3.59. The summed E-state index contributed by atoms with van der Waals surface area (Å²) < 4.78 is 35.8. The van der Waals surface area contributed by atoms with Gasteiger partial charge in [0.1, 0.15) is 0 Å². The summed E-state index contributed by atoms with van der Waals surface area (Å²) >= 11 is 0. The molecule has 0 radical (unpaired) electrons. The number of unbranched alkanes of at least 4 members (excludes halogenated alkanes) is 1. The largest absolute Gasteiger partial charge is 0.389 e. The maximum atomic E-state index is 11.9. The van der Waals surface area contributed by atoms with Crippen LogP contribution in [0.5, 0.6) is 0 Å². The molecule has 0 aliphatic heterocycles. The second-order valence-corrected chi connectivity index (χ2v) is 5.27. The molecule has 1 aliphatic carbocycles. The van der Waals surface area contributed by atoms with Gasteiger partial charge >= 0.3 is 6.18 Å². The van der Waals surface area contributed by atoms with E-state index in [1.807, 2.05) is 0 Å². The molecule has 0 aromatic heterocycles. The van der Waals surface area contributed by atoms with Crippen LogP contribution in [-0.2, 0) is 4.79 Å². The van der Waals surface area contributed by atoms with Crippen LogP contribution in [0.3, 0.4) is 0 Å². The lowest BCUT2D eigenvalue weighted by Crippen LogP contribution is -2.41. The van der Waals surface area contributed by atoms with Crippen LogP contribution in [0.2, 0.25) is 0 Å². The van der Waals surface area contributed by atoms with Gasteiger partial charge in [0.25, 0.3) is 0 Å². The zero-order valence-electron chi connectivity index (χ0n) is 11.1. The Hall–Kier alpha value is -0.780. The summed E-state index contributed by atoms with van der Waals surface area (Å²) in [5, 5.41) is 2.71. The third-order valence-corrected chi connectivity index (χ3v) is 3.59. The van der Waals surface area contributed by atoms with Crippen LogP contribution < -0.4 is 11.1 Å². The highest BCUT2D eigenvalue weighted by molar-refractivity contribution is 5.79. The molecule has 1 saturated carbocycles. The summed E-state index contributed by atoms with van der Waals surface area (Å²) in [6.45, 7) is 0.304. The molecule has 19 heavy (non-hydrogen) atoms. The van der Waals surface area contributed by atoms with Gasteiger partial charge in [-0.15, -0.1) is 0 Å². The lowest BCUT2D eigenvalue weighted by molar-refractivity contribution is -0.135. The van der Waals surface area contributed by atoms with Gasteiger partial charge in [-0.05, 0) is 25.7 Å². The molecule has 0 heterocycles. The summed E-state index contributed by atoms with van der Waals surface area (Å²) in [6.07, 6.45) is 0.314. The smallest absolute Gasteiger partial charge is 0.356 e. The Morgan fingerprint density at radius 1 is 1.16 bits per heavy atom. The van der Waals surface area contributed by atoms with E-state index in [2.05, 4.69) is 5.32 Å². The molecule has 3 nitrogen and oxygen atoms in total. The summed E-state index contributed by atoms with van der Waals surface area (Å²) in [5.41, 5.74) is 5.96. The normalized spacial score (nSPS) is 24.8. The first-order chi connectivity index (χ1) is 8.90. The van der Waals surface area contributed by atoms with E-state index >= 15 is 0 Å². The van der Waals surface area contributed by atoms with Gasteiger partial charge < -0.3 is 11.1 Å². The molecule has 1 amide bonds. The number of carbonyl (C=O) groups excluding carboxylic acids is 1. The molecular formula is C13H23F3N2O. The molecule has 0 spiro atoms. The lowest BCUT2D eigenvalue weighted by Gasteiger charge is -2.20. The van der Waals surface area contributed by atoms with Gasteiger partial charge in [-0.25, -0.2) is 0 Å². The number of amides is 1. The fraction of sp³-hybridized carbons (Fsp3) is 0.923. The van der Waals surface area contributed by atoms with Crippen molar-refractivity contribution in [3.8, 4) is 0 Å². The fourth-order valence-corrected chi connectivity index (χ4v) is 2.45. The number of hydrogen-bond acceptors (Lipinski definition) is 2. The van der Waals surface area contributed by atoms with E-state index in [1.165, 1.54) is 0 Å². The highest BCUT2D eigenvalue weighted by Crippen LogP contribution is 2.23. The summed E-state index contributed by atoms with van der Waals surface area (Å²) in [6, 6.07) is -0.113. The first-order valence-electron chi connectivity index (χ1n) is 7.00. The zero-order chi connectivity index (χ0) is 14.3. The molecule has 0 aromatic carbocycles. The monoisotopic (exact) mass is 280 g/mol. The van der Waals surface area contributed by atoms with Crippen molar-refractivity contribution in [3.05, 3.63) is 0 Å². The van der Waals surface area contributed by atoms with Crippen molar-refractivity contribution < 1.29 is 18.0 Å². The van der Waals surface area contributed by atoms with Crippen LogP contribution in [0.15, 0.2) is 0 Å². The van der Waals surface area contributed by atoms with E-state index in [-0.39, 0.29) is 24.3 Å². The molecule has 0 aromatic rings. The molecule has 1 fully saturated rings. The Morgan fingerprint density at radius 2 is 1.84 bits per heavy atom. The van der Waals surface area contributed by atoms with E-state index in [9.17, 15) is 18.0 Å². The van der Waals surface area contributed by atoms with Crippen molar-refractivity contribution in [2.75, 3.05) is 6.54 Å². The van der Waals surface area contributed by atoms with Gasteiger partial charge in [0.2, 0.25) is 5.91 Å². The minimum Gasteiger partial charge on any atom is -0.356 e. The Labute approximate surface area is 112 Å². The minimum absolute atomic E-state index is 0.0561. The maximum Gasteiger partial charge on any atom is 0.389 e. The van der Waals surface area contributed by atoms with Crippen molar-refractivity contribution in [2.45, 2.75) is 63.6 Å². The number of rotatable bonds is 5. The number of halogens is 3. The van der Waals surface area contributed by atoms with Gasteiger partial charge in [-0.2, -0.15) is 13.2 Å². The highest BCUT2D eigenvalue weighted by Gasteiger charge is 2.27.